The van der Waals surface area contributed by atoms with E-state index in [9.17, 15) is 17.6 Å². The number of likely N-dealkylation sites (tertiary alicyclic amines) is 1. The zero-order valence-electron chi connectivity index (χ0n) is 12.9. The van der Waals surface area contributed by atoms with Crippen molar-refractivity contribution in [3.05, 3.63) is 53.9 Å². The van der Waals surface area contributed by atoms with Crippen molar-refractivity contribution in [2.24, 2.45) is 0 Å². The van der Waals surface area contributed by atoms with Crippen LogP contribution in [0.3, 0.4) is 0 Å². The van der Waals surface area contributed by atoms with Gasteiger partial charge in [0.25, 0.3) is 0 Å². The minimum absolute atomic E-state index is 0.0903. The Morgan fingerprint density at radius 3 is 2.67 bits per heavy atom. The second-order valence-corrected chi connectivity index (χ2v) is 5.96. The average molecular weight is 342 g/mol. The number of aromatic nitrogens is 2. The van der Waals surface area contributed by atoms with E-state index in [2.05, 4.69) is 15.3 Å². The summed E-state index contributed by atoms with van der Waals surface area (Å²) in [6.45, 7) is -0.184. The molecule has 2 atom stereocenters. The molecule has 3 rings (SSSR count). The SMILES string of the molecule is Fc1ccc([C@H](N[C@@H]2CCN(CC(F)(F)F)C2)c2ncc[nH]2)cc1. The minimum Gasteiger partial charge on any atom is -0.347 e. The first-order chi connectivity index (χ1) is 11.4. The lowest BCUT2D eigenvalue weighted by molar-refractivity contribution is -0.143. The molecule has 2 N–H and O–H groups in total. The van der Waals surface area contributed by atoms with Crippen LogP contribution in [0.5, 0.6) is 0 Å². The third-order valence-electron chi connectivity index (χ3n) is 4.07. The van der Waals surface area contributed by atoms with Crippen molar-refractivity contribution in [3.63, 3.8) is 0 Å². The zero-order chi connectivity index (χ0) is 17.2. The van der Waals surface area contributed by atoms with E-state index >= 15 is 0 Å². The number of H-pyrrole nitrogens is 1. The smallest absolute Gasteiger partial charge is 0.347 e. The number of hydrogen-bond donors (Lipinski definition) is 2. The molecule has 0 spiro atoms. The van der Waals surface area contributed by atoms with Crippen LogP contribution < -0.4 is 5.32 Å². The molecule has 1 aliphatic rings. The number of benzene rings is 1. The van der Waals surface area contributed by atoms with Gasteiger partial charge < -0.3 is 4.98 Å². The lowest BCUT2D eigenvalue weighted by Crippen LogP contribution is -2.38. The summed E-state index contributed by atoms with van der Waals surface area (Å²) in [5.41, 5.74) is 0.806. The van der Waals surface area contributed by atoms with Crippen LogP contribution in [0, 0.1) is 5.82 Å². The Morgan fingerprint density at radius 1 is 1.29 bits per heavy atom. The molecule has 0 saturated carbocycles. The normalized spacial score (nSPS) is 20.4. The predicted octanol–water partition coefficient (Wildman–Crippen LogP) is 2.86. The van der Waals surface area contributed by atoms with Gasteiger partial charge in [-0.25, -0.2) is 9.37 Å². The summed E-state index contributed by atoms with van der Waals surface area (Å²) in [6.07, 6.45) is -0.281. The number of halogens is 4. The highest BCUT2D eigenvalue weighted by Gasteiger charge is 2.35. The number of nitrogens with zero attached hydrogens (tertiary/aromatic N) is 2. The molecule has 1 fully saturated rings. The van der Waals surface area contributed by atoms with Crippen LogP contribution in [-0.4, -0.2) is 46.7 Å². The van der Waals surface area contributed by atoms with Gasteiger partial charge in [-0.15, -0.1) is 0 Å². The van der Waals surface area contributed by atoms with Crippen LogP contribution in [0.2, 0.25) is 0 Å². The minimum atomic E-state index is -4.19. The number of hydrogen-bond acceptors (Lipinski definition) is 3. The quantitative estimate of drug-likeness (QED) is 0.822. The average Bonchev–Trinajstić information content (AvgIpc) is 3.16. The molecule has 2 aromatic rings. The molecule has 0 amide bonds. The van der Waals surface area contributed by atoms with Crippen LogP contribution >= 0.6 is 0 Å². The van der Waals surface area contributed by atoms with Crippen LogP contribution in [0.4, 0.5) is 17.6 Å². The van der Waals surface area contributed by atoms with E-state index in [0.29, 0.717) is 25.3 Å². The Balaban J connectivity index is 1.70. The lowest BCUT2D eigenvalue weighted by Gasteiger charge is -2.23. The van der Waals surface area contributed by atoms with Crippen molar-refractivity contribution in [1.82, 2.24) is 20.2 Å². The second kappa shape index (κ2) is 6.90. The summed E-state index contributed by atoms with van der Waals surface area (Å²) >= 11 is 0. The summed E-state index contributed by atoms with van der Waals surface area (Å²) in [5, 5.41) is 3.34. The van der Waals surface area contributed by atoms with Crippen molar-refractivity contribution in [1.29, 1.82) is 0 Å². The highest BCUT2D eigenvalue weighted by Crippen LogP contribution is 2.24. The molecule has 1 aromatic heterocycles. The lowest BCUT2D eigenvalue weighted by atomic mass is 10.0. The molecule has 1 aliphatic heterocycles. The molecule has 0 aliphatic carbocycles. The molecule has 1 saturated heterocycles. The maximum absolute atomic E-state index is 13.1. The van der Waals surface area contributed by atoms with Gasteiger partial charge in [0, 0.05) is 31.5 Å². The summed E-state index contributed by atoms with van der Waals surface area (Å²) in [7, 11) is 0. The monoisotopic (exact) mass is 342 g/mol. The summed E-state index contributed by atoms with van der Waals surface area (Å²) < 4.78 is 50.7. The van der Waals surface area contributed by atoms with E-state index in [-0.39, 0.29) is 17.9 Å². The number of alkyl halides is 3. The first kappa shape index (κ1) is 16.9. The Bertz CT molecular complexity index is 639. The highest BCUT2D eigenvalue weighted by molar-refractivity contribution is 5.25. The standard InChI is InChI=1S/C16H18F4N4/c17-12-3-1-11(2-4-12)14(15-21-6-7-22-15)23-13-5-8-24(9-13)10-16(18,19)20/h1-4,6-7,13-14,23H,5,8-10H2,(H,21,22)/t13-,14+/m1/s1. The van der Waals surface area contributed by atoms with Crippen LogP contribution in [0.15, 0.2) is 36.7 Å². The fourth-order valence-corrected chi connectivity index (χ4v) is 3.03. The number of imidazole rings is 1. The Labute approximate surface area is 136 Å². The number of nitrogens with one attached hydrogen (secondary N) is 2. The van der Waals surface area contributed by atoms with Gasteiger partial charge in [-0.05, 0) is 24.1 Å². The third-order valence-corrected chi connectivity index (χ3v) is 4.07. The molecule has 24 heavy (non-hydrogen) atoms. The summed E-state index contributed by atoms with van der Waals surface area (Å²) in [5.74, 6) is 0.310. The Kier molecular flexibility index (Phi) is 4.86. The van der Waals surface area contributed by atoms with E-state index in [1.807, 2.05) is 0 Å². The topological polar surface area (TPSA) is 44.0 Å². The maximum Gasteiger partial charge on any atom is 0.401 e. The zero-order valence-corrected chi connectivity index (χ0v) is 12.9. The largest absolute Gasteiger partial charge is 0.401 e. The van der Waals surface area contributed by atoms with Crippen molar-refractivity contribution in [3.8, 4) is 0 Å². The van der Waals surface area contributed by atoms with Crippen LogP contribution in [0.25, 0.3) is 0 Å². The molecule has 4 nitrogen and oxygen atoms in total. The molecular formula is C16H18F4N4. The fourth-order valence-electron chi connectivity index (χ4n) is 3.03. The van der Waals surface area contributed by atoms with E-state index < -0.39 is 12.7 Å². The van der Waals surface area contributed by atoms with Crippen molar-refractivity contribution < 1.29 is 17.6 Å². The Hall–Kier alpha value is -1.93. The predicted molar refractivity (Wildman–Crippen MR) is 80.9 cm³/mol. The van der Waals surface area contributed by atoms with E-state index in [1.165, 1.54) is 17.0 Å². The molecule has 1 aromatic carbocycles. The van der Waals surface area contributed by atoms with E-state index in [1.54, 1.807) is 24.5 Å². The third kappa shape index (κ3) is 4.33. The van der Waals surface area contributed by atoms with Gasteiger partial charge >= 0.3 is 6.18 Å². The van der Waals surface area contributed by atoms with Gasteiger partial charge in [-0.1, -0.05) is 12.1 Å². The molecule has 0 unspecified atom stereocenters. The number of rotatable bonds is 5. The van der Waals surface area contributed by atoms with Gasteiger partial charge in [0.15, 0.2) is 0 Å². The van der Waals surface area contributed by atoms with E-state index in [4.69, 9.17) is 0 Å². The van der Waals surface area contributed by atoms with Gasteiger partial charge in [-0.3, -0.25) is 10.2 Å². The van der Waals surface area contributed by atoms with Crippen LogP contribution in [-0.2, 0) is 0 Å². The highest BCUT2D eigenvalue weighted by atomic mass is 19.4. The molecule has 0 bridgehead atoms. The van der Waals surface area contributed by atoms with Crippen molar-refractivity contribution in [2.75, 3.05) is 19.6 Å². The number of aromatic amines is 1. The molecule has 0 radical (unpaired) electrons. The first-order valence-corrected chi connectivity index (χ1v) is 7.70. The fraction of sp³-hybridized carbons (Fsp3) is 0.438. The van der Waals surface area contributed by atoms with Gasteiger partial charge in [0.1, 0.15) is 11.6 Å². The summed E-state index contributed by atoms with van der Waals surface area (Å²) in [6, 6.07) is 5.61. The van der Waals surface area contributed by atoms with Gasteiger partial charge in [0.05, 0.1) is 12.6 Å². The van der Waals surface area contributed by atoms with Crippen molar-refractivity contribution >= 4 is 0 Å². The summed E-state index contributed by atoms with van der Waals surface area (Å²) in [4.78, 5) is 8.63. The molecule has 130 valence electrons. The maximum atomic E-state index is 13.1. The van der Waals surface area contributed by atoms with E-state index in [0.717, 1.165) is 5.56 Å². The van der Waals surface area contributed by atoms with Gasteiger partial charge in [-0.2, -0.15) is 13.2 Å². The van der Waals surface area contributed by atoms with Crippen LogP contribution in [0.1, 0.15) is 23.9 Å². The van der Waals surface area contributed by atoms with Crippen molar-refractivity contribution in [2.45, 2.75) is 24.7 Å². The van der Waals surface area contributed by atoms with Gasteiger partial charge in [0.2, 0.25) is 0 Å². The molecule has 8 heteroatoms. The second-order valence-electron chi connectivity index (χ2n) is 5.96. The molecular weight excluding hydrogens is 324 g/mol. The molecule has 2 heterocycles. The Morgan fingerprint density at radius 2 is 2.04 bits per heavy atom. The first-order valence-electron chi connectivity index (χ1n) is 7.70.